The molecule has 1 saturated heterocycles. The molecular formula is C23H28N2O2. The molecule has 0 bridgehead atoms. The van der Waals surface area contributed by atoms with Crippen LogP contribution in [0.4, 0.5) is 5.69 Å². The first-order chi connectivity index (χ1) is 13.3. The standard InChI is InChI=1S/C23H28N2O2/c1-18(26)22(24-14-16-27-17-15-24)23(20-9-3-2-4-10-20)25-13-7-11-19-8-5-6-12-21(19)25/h2-6,8-10,12,22-23H,7,11,13-17H2,1H3/t22-,23-/m1/s1. The molecule has 2 atom stereocenters. The van der Waals surface area contributed by atoms with Crippen molar-refractivity contribution in [2.24, 2.45) is 0 Å². The molecular weight excluding hydrogens is 336 g/mol. The van der Waals surface area contributed by atoms with Crippen LogP contribution < -0.4 is 4.90 Å². The third-order valence-corrected chi connectivity index (χ3v) is 5.78. The van der Waals surface area contributed by atoms with Crippen LogP contribution in [0.2, 0.25) is 0 Å². The fourth-order valence-corrected chi connectivity index (χ4v) is 4.57. The monoisotopic (exact) mass is 364 g/mol. The van der Waals surface area contributed by atoms with Crippen molar-refractivity contribution in [2.75, 3.05) is 37.7 Å². The van der Waals surface area contributed by atoms with Crippen molar-refractivity contribution in [3.8, 4) is 0 Å². The molecule has 0 unspecified atom stereocenters. The number of nitrogens with zero attached hydrogens (tertiary/aromatic N) is 2. The van der Waals surface area contributed by atoms with Crippen LogP contribution in [0.1, 0.15) is 30.5 Å². The van der Waals surface area contributed by atoms with Crippen LogP contribution in [0.3, 0.4) is 0 Å². The summed E-state index contributed by atoms with van der Waals surface area (Å²) in [5.41, 5.74) is 3.87. The van der Waals surface area contributed by atoms with Crippen LogP contribution in [-0.4, -0.2) is 49.6 Å². The molecule has 0 N–H and O–H groups in total. The predicted molar refractivity (Wildman–Crippen MR) is 108 cm³/mol. The second kappa shape index (κ2) is 8.24. The van der Waals surface area contributed by atoms with Gasteiger partial charge in [-0.25, -0.2) is 0 Å². The Morgan fingerprint density at radius 3 is 2.41 bits per heavy atom. The molecule has 0 spiro atoms. The summed E-state index contributed by atoms with van der Waals surface area (Å²) < 4.78 is 5.55. The highest BCUT2D eigenvalue weighted by atomic mass is 16.5. The van der Waals surface area contributed by atoms with Gasteiger partial charge in [0.05, 0.1) is 25.3 Å². The van der Waals surface area contributed by atoms with E-state index >= 15 is 0 Å². The highest BCUT2D eigenvalue weighted by molar-refractivity contribution is 5.83. The first-order valence-electron chi connectivity index (χ1n) is 9.97. The molecule has 4 heteroatoms. The summed E-state index contributed by atoms with van der Waals surface area (Å²) in [6.45, 7) is 5.73. The summed E-state index contributed by atoms with van der Waals surface area (Å²) in [5.74, 6) is 0.230. The third kappa shape index (κ3) is 3.78. The Balaban J connectivity index is 1.79. The summed E-state index contributed by atoms with van der Waals surface area (Å²) in [5, 5.41) is 0. The van der Waals surface area contributed by atoms with Gasteiger partial charge in [-0.1, -0.05) is 48.5 Å². The molecule has 0 aromatic heterocycles. The van der Waals surface area contributed by atoms with Gasteiger partial charge in [0.15, 0.2) is 0 Å². The average molecular weight is 364 g/mol. The topological polar surface area (TPSA) is 32.8 Å². The predicted octanol–water partition coefficient (Wildman–Crippen LogP) is 3.47. The van der Waals surface area contributed by atoms with Gasteiger partial charge in [-0.05, 0) is 37.0 Å². The van der Waals surface area contributed by atoms with Crippen molar-refractivity contribution < 1.29 is 9.53 Å². The molecule has 2 heterocycles. The summed E-state index contributed by atoms with van der Waals surface area (Å²) in [6, 6.07) is 19.0. The molecule has 2 aromatic carbocycles. The van der Waals surface area contributed by atoms with Crippen LogP contribution in [0.15, 0.2) is 54.6 Å². The van der Waals surface area contributed by atoms with E-state index in [2.05, 4.69) is 58.3 Å². The quantitative estimate of drug-likeness (QED) is 0.813. The normalized spacial score (nSPS) is 20.0. The number of hydrogen-bond donors (Lipinski definition) is 0. The number of ether oxygens (including phenoxy) is 1. The fourth-order valence-electron chi connectivity index (χ4n) is 4.57. The molecule has 2 aliphatic heterocycles. The Labute approximate surface area is 161 Å². The second-order valence-corrected chi connectivity index (χ2v) is 7.49. The molecule has 4 nitrogen and oxygen atoms in total. The van der Waals surface area contributed by atoms with E-state index < -0.39 is 0 Å². The Morgan fingerprint density at radius 1 is 0.963 bits per heavy atom. The van der Waals surface area contributed by atoms with Gasteiger partial charge in [0.1, 0.15) is 5.78 Å². The van der Waals surface area contributed by atoms with Gasteiger partial charge in [-0.15, -0.1) is 0 Å². The SMILES string of the molecule is CC(=O)[C@H]([C@@H](c1ccccc1)N1CCCc2ccccc21)N1CCOCC1. The number of rotatable bonds is 5. The van der Waals surface area contributed by atoms with E-state index in [9.17, 15) is 4.79 Å². The lowest BCUT2D eigenvalue weighted by molar-refractivity contribution is -0.125. The van der Waals surface area contributed by atoms with E-state index in [0.29, 0.717) is 13.2 Å². The highest BCUT2D eigenvalue weighted by Gasteiger charge is 2.38. The van der Waals surface area contributed by atoms with Crippen molar-refractivity contribution in [1.29, 1.82) is 0 Å². The van der Waals surface area contributed by atoms with Gasteiger partial charge >= 0.3 is 0 Å². The molecule has 27 heavy (non-hydrogen) atoms. The molecule has 2 aliphatic rings. The number of Topliss-reactive ketones (excluding diaryl/α,β-unsaturated/α-hetero) is 1. The minimum atomic E-state index is -0.164. The number of ketones is 1. The van der Waals surface area contributed by atoms with Gasteiger partial charge in [0.2, 0.25) is 0 Å². The first kappa shape index (κ1) is 18.2. The lowest BCUT2D eigenvalue weighted by Gasteiger charge is -2.45. The number of hydrogen-bond acceptors (Lipinski definition) is 4. The summed E-state index contributed by atoms with van der Waals surface area (Å²) in [6.07, 6.45) is 2.23. The summed E-state index contributed by atoms with van der Waals surface area (Å²) in [7, 11) is 0. The number of morpholine rings is 1. The van der Waals surface area contributed by atoms with Gasteiger partial charge in [-0.2, -0.15) is 0 Å². The minimum absolute atomic E-state index is 0.0169. The van der Waals surface area contributed by atoms with Crippen molar-refractivity contribution in [3.05, 3.63) is 65.7 Å². The molecule has 1 fully saturated rings. The lowest BCUT2D eigenvalue weighted by Crippen LogP contribution is -2.54. The minimum Gasteiger partial charge on any atom is -0.379 e. The van der Waals surface area contributed by atoms with Gasteiger partial charge in [-0.3, -0.25) is 9.69 Å². The van der Waals surface area contributed by atoms with Gasteiger partial charge in [0.25, 0.3) is 0 Å². The van der Waals surface area contributed by atoms with Crippen LogP contribution >= 0.6 is 0 Å². The number of fused-ring (bicyclic) bond motifs is 1. The first-order valence-corrected chi connectivity index (χ1v) is 9.97. The Hall–Kier alpha value is -2.17. The molecule has 4 rings (SSSR count). The zero-order valence-corrected chi connectivity index (χ0v) is 16.0. The van der Waals surface area contributed by atoms with Crippen LogP contribution in [-0.2, 0) is 16.0 Å². The maximum Gasteiger partial charge on any atom is 0.149 e. The molecule has 142 valence electrons. The second-order valence-electron chi connectivity index (χ2n) is 7.49. The van der Waals surface area contributed by atoms with Crippen molar-refractivity contribution in [1.82, 2.24) is 4.90 Å². The van der Waals surface area contributed by atoms with Crippen LogP contribution in [0, 0.1) is 0 Å². The summed E-state index contributed by atoms with van der Waals surface area (Å²) in [4.78, 5) is 17.7. The summed E-state index contributed by atoms with van der Waals surface area (Å²) >= 11 is 0. The number of benzene rings is 2. The largest absolute Gasteiger partial charge is 0.379 e. The zero-order chi connectivity index (χ0) is 18.6. The van der Waals surface area contributed by atoms with E-state index in [0.717, 1.165) is 32.5 Å². The Morgan fingerprint density at radius 2 is 1.67 bits per heavy atom. The third-order valence-electron chi connectivity index (χ3n) is 5.78. The number of para-hydroxylation sites is 1. The smallest absolute Gasteiger partial charge is 0.149 e. The maximum atomic E-state index is 12.9. The van der Waals surface area contributed by atoms with E-state index in [1.807, 2.05) is 6.07 Å². The number of carbonyl (C=O) groups excluding carboxylic acids is 1. The van der Waals surface area contributed by atoms with Crippen LogP contribution in [0.5, 0.6) is 0 Å². The van der Waals surface area contributed by atoms with Gasteiger partial charge in [0, 0.05) is 25.3 Å². The average Bonchev–Trinajstić information content (AvgIpc) is 2.72. The molecule has 0 saturated carbocycles. The van der Waals surface area contributed by atoms with E-state index in [1.54, 1.807) is 6.92 Å². The number of carbonyl (C=O) groups is 1. The number of anilines is 1. The van der Waals surface area contributed by atoms with Crippen molar-refractivity contribution in [3.63, 3.8) is 0 Å². The van der Waals surface area contributed by atoms with Crippen LogP contribution in [0.25, 0.3) is 0 Å². The Bertz CT molecular complexity index is 771. The highest BCUT2D eigenvalue weighted by Crippen LogP contribution is 2.37. The van der Waals surface area contributed by atoms with E-state index in [4.69, 9.17) is 4.74 Å². The molecule has 0 aliphatic carbocycles. The van der Waals surface area contributed by atoms with Gasteiger partial charge < -0.3 is 9.64 Å². The Kier molecular flexibility index (Phi) is 5.55. The molecule has 0 radical (unpaired) electrons. The molecule has 2 aromatic rings. The molecule has 0 amide bonds. The van der Waals surface area contributed by atoms with Crippen molar-refractivity contribution in [2.45, 2.75) is 31.8 Å². The van der Waals surface area contributed by atoms with Crippen molar-refractivity contribution >= 4 is 11.5 Å². The number of aryl methyl sites for hydroxylation is 1. The fraction of sp³-hybridized carbons (Fsp3) is 0.435. The van der Waals surface area contributed by atoms with E-state index in [-0.39, 0.29) is 17.9 Å². The van der Waals surface area contributed by atoms with E-state index in [1.165, 1.54) is 16.8 Å². The maximum absolute atomic E-state index is 12.9. The zero-order valence-electron chi connectivity index (χ0n) is 16.0. The lowest BCUT2D eigenvalue weighted by atomic mass is 9.90.